The molecule has 0 radical (unpaired) electrons. The van der Waals surface area contributed by atoms with Crippen molar-refractivity contribution in [1.82, 2.24) is 5.32 Å². The molecule has 10 nitrogen and oxygen atoms in total. The first-order valence-electron chi connectivity index (χ1n) is 12.4. The number of aliphatic hydroxyl groups is 1. The lowest BCUT2D eigenvalue weighted by Crippen LogP contribution is -2.57. The Labute approximate surface area is 225 Å². The maximum atomic E-state index is 13.7. The molecular formula is C29H30N2O8. The van der Waals surface area contributed by atoms with E-state index in [1.165, 1.54) is 4.90 Å². The molecule has 1 aliphatic heterocycles. The number of carboxylic acids is 1. The molecule has 0 bridgehead atoms. The van der Waals surface area contributed by atoms with E-state index < -0.39 is 42.4 Å². The van der Waals surface area contributed by atoms with E-state index in [4.69, 9.17) is 14.2 Å². The Bertz CT molecular complexity index is 1280. The van der Waals surface area contributed by atoms with Crippen molar-refractivity contribution in [2.75, 3.05) is 32.0 Å². The number of ether oxygens (including phenoxy) is 3. The monoisotopic (exact) mass is 534 g/mol. The average Bonchev–Trinajstić information content (AvgIpc) is 2.95. The summed E-state index contributed by atoms with van der Waals surface area (Å²) in [5.74, 6) is -1.76. The number of carboxylic acid groups (broad SMARTS) is 1. The number of aliphatic carboxylic acids is 1. The van der Waals surface area contributed by atoms with E-state index in [1.54, 1.807) is 86.0 Å². The summed E-state index contributed by atoms with van der Waals surface area (Å²) in [6.45, 7) is 0.654. The summed E-state index contributed by atoms with van der Waals surface area (Å²) in [4.78, 5) is 39.9. The molecule has 1 aliphatic rings. The molecule has 1 heterocycles. The number of nitrogens with one attached hydrogen (secondary N) is 1. The van der Waals surface area contributed by atoms with Gasteiger partial charge in [0.05, 0.1) is 43.5 Å². The molecule has 3 aromatic rings. The van der Waals surface area contributed by atoms with Crippen LogP contribution in [0.5, 0.6) is 5.75 Å². The molecule has 204 valence electrons. The van der Waals surface area contributed by atoms with Gasteiger partial charge < -0.3 is 34.6 Å². The Kier molecular flexibility index (Phi) is 9.27. The standard InChI is InChI=1S/C29H30N2O8/c1-37-14-15-38-18-39-21-12-13-23-22(16-21)26(30-28(35)19-8-4-2-5-9-19)27(34)24(17-25(32)33)31(23)29(36)20-10-6-3-7-11-20/h2-13,16,24,26-27,34H,14-15,17-18H2,1H3,(H,30,35)(H,32,33)/t24-,26-,27-/m0/s1. The third kappa shape index (κ3) is 6.61. The van der Waals surface area contributed by atoms with E-state index in [2.05, 4.69) is 5.32 Å². The van der Waals surface area contributed by atoms with Crippen LogP contribution in [0.3, 0.4) is 0 Å². The minimum absolute atomic E-state index is 0.0694. The average molecular weight is 535 g/mol. The summed E-state index contributed by atoms with van der Waals surface area (Å²) in [7, 11) is 1.56. The number of hydrogen-bond donors (Lipinski definition) is 3. The highest BCUT2D eigenvalue weighted by Crippen LogP contribution is 2.41. The SMILES string of the molecule is COCCOCOc1ccc2c(c1)[C@H](NC(=O)c1ccccc1)[C@@H](O)[C@H](CC(=O)O)N2C(=O)c1ccccc1. The Hall–Kier alpha value is -4.25. The number of aliphatic hydroxyl groups excluding tert-OH is 1. The summed E-state index contributed by atoms with van der Waals surface area (Å²) < 4.78 is 16.0. The molecule has 0 spiro atoms. The van der Waals surface area contributed by atoms with Gasteiger partial charge in [-0.3, -0.25) is 14.4 Å². The maximum absolute atomic E-state index is 13.7. The van der Waals surface area contributed by atoms with Crippen molar-refractivity contribution in [3.63, 3.8) is 0 Å². The largest absolute Gasteiger partial charge is 0.481 e. The van der Waals surface area contributed by atoms with Crippen LogP contribution in [0, 0.1) is 0 Å². The van der Waals surface area contributed by atoms with Gasteiger partial charge in [-0.25, -0.2) is 0 Å². The van der Waals surface area contributed by atoms with Crippen molar-refractivity contribution < 1.29 is 38.8 Å². The summed E-state index contributed by atoms with van der Waals surface area (Å²) in [6, 6.07) is 19.5. The van der Waals surface area contributed by atoms with Crippen molar-refractivity contribution >= 4 is 23.5 Å². The molecule has 3 aromatic carbocycles. The number of benzene rings is 3. The number of nitrogens with zero attached hydrogens (tertiary/aromatic N) is 1. The van der Waals surface area contributed by atoms with Gasteiger partial charge in [0.2, 0.25) is 0 Å². The van der Waals surface area contributed by atoms with Gasteiger partial charge >= 0.3 is 5.97 Å². The lowest BCUT2D eigenvalue weighted by molar-refractivity contribution is -0.138. The number of methoxy groups -OCH3 is 1. The molecular weight excluding hydrogens is 504 g/mol. The molecule has 0 fully saturated rings. The molecule has 3 N–H and O–H groups in total. The normalized spacial score (nSPS) is 18.2. The van der Waals surface area contributed by atoms with Crippen molar-refractivity contribution in [3.05, 3.63) is 95.6 Å². The second kappa shape index (κ2) is 13.0. The van der Waals surface area contributed by atoms with E-state index in [0.29, 0.717) is 41.3 Å². The number of carbonyl (C=O) groups excluding carboxylic acids is 2. The highest BCUT2D eigenvalue weighted by atomic mass is 16.7. The van der Waals surface area contributed by atoms with E-state index in [0.717, 1.165) is 0 Å². The van der Waals surface area contributed by atoms with Crippen LogP contribution in [0.2, 0.25) is 0 Å². The summed E-state index contributed by atoms with van der Waals surface area (Å²) >= 11 is 0. The number of anilines is 1. The van der Waals surface area contributed by atoms with Crippen LogP contribution in [0.1, 0.15) is 38.7 Å². The fourth-order valence-corrected chi connectivity index (χ4v) is 4.49. The second-order valence-electron chi connectivity index (χ2n) is 8.90. The fourth-order valence-electron chi connectivity index (χ4n) is 4.49. The second-order valence-corrected chi connectivity index (χ2v) is 8.90. The van der Waals surface area contributed by atoms with Gasteiger partial charge in [-0.15, -0.1) is 0 Å². The maximum Gasteiger partial charge on any atom is 0.305 e. The van der Waals surface area contributed by atoms with Gasteiger partial charge in [0.25, 0.3) is 11.8 Å². The Balaban J connectivity index is 1.75. The quantitative estimate of drug-likeness (QED) is 0.252. The predicted molar refractivity (Wildman–Crippen MR) is 142 cm³/mol. The number of amides is 2. The molecule has 2 amide bonds. The van der Waals surface area contributed by atoms with E-state index in [1.807, 2.05) is 0 Å². The van der Waals surface area contributed by atoms with Crippen molar-refractivity contribution in [1.29, 1.82) is 0 Å². The van der Waals surface area contributed by atoms with Gasteiger partial charge in [0, 0.05) is 23.8 Å². The van der Waals surface area contributed by atoms with Crippen LogP contribution in [0.25, 0.3) is 0 Å². The van der Waals surface area contributed by atoms with Crippen molar-refractivity contribution in [3.8, 4) is 5.75 Å². The van der Waals surface area contributed by atoms with E-state index >= 15 is 0 Å². The lowest BCUT2D eigenvalue weighted by atomic mass is 9.85. The number of rotatable bonds is 11. The third-order valence-electron chi connectivity index (χ3n) is 6.35. The zero-order valence-electron chi connectivity index (χ0n) is 21.4. The predicted octanol–water partition coefficient (Wildman–Crippen LogP) is 3.02. The minimum Gasteiger partial charge on any atom is -0.481 e. The molecule has 10 heteroatoms. The van der Waals surface area contributed by atoms with Gasteiger partial charge in [0.1, 0.15) is 5.75 Å². The van der Waals surface area contributed by atoms with Crippen LogP contribution in [0.4, 0.5) is 5.69 Å². The number of fused-ring (bicyclic) bond motifs is 1. The summed E-state index contributed by atoms with van der Waals surface area (Å²) in [5, 5.41) is 24.0. The van der Waals surface area contributed by atoms with Crippen molar-refractivity contribution in [2.45, 2.75) is 24.6 Å². The molecule has 0 aromatic heterocycles. The summed E-state index contributed by atoms with van der Waals surface area (Å²) in [6.07, 6.45) is -1.98. The van der Waals surface area contributed by atoms with Crippen LogP contribution in [0.15, 0.2) is 78.9 Å². The van der Waals surface area contributed by atoms with Crippen LogP contribution >= 0.6 is 0 Å². The van der Waals surface area contributed by atoms with Crippen LogP contribution in [-0.4, -0.2) is 67.3 Å². The van der Waals surface area contributed by atoms with Crippen LogP contribution < -0.4 is 15.0 Å². The summed E-state index contributed by atoms with van der Waals surface area (Å²) in [5.41, 5.74) is 1.44. The molecule has 0 saturated carbocycles. The molecule has 4 rings (SSSR count). The Morgan fingerprint density at radius 1 is 0.923 bits per heavy atom. The number of hydrogen-bond acceptors (Lipinski definition) is 7. The molecule has 0 saturated heterocycles. The first-order valence-corrected chi connectivity index (χ1v) is 12.4. The van der Waals surface area contributed by atoms with E-state index in [9.17, 15) is 24.6 Å². The zero-order chi connectivity index (χ0) is 27.8. The van der Waals surface area contributed by atoms with Crippen molar-refractivity contribution in [2.24, 2.45) is 0 Å². The first-order chi connectivity index (χ1) is 18.9. The molecule has 0 aliphatic carbocycles. The van der Waals surface area contributed by atoms with Gasteiger partial charge in [-0.1, -0.05) is 36.4 Å². The van der Waals surface area contributed by atoms with E-state index in [-0.39, 0.29) is 6.79 Å². The van der Waals surface area contributed by atoms with Crippen LogP contribution in [-0.2, 0) is 14.3 Å². The highest BCUT2D eigenvalue weighted by molar-refractivity contribution is 6.08. The fraction of sp³-hybridized carbons (Fsp3) is 0.276. The zero-order valence-corrected chi connectivity index (χ0v) is 21.4. The van der Waals surface area contributed by atoms with Gasteiger partial charge in [-0.2, -0.15) is 0 Å². The number of carbonyl (C=O) groups is 3. The van der Waals surface area contributed by atoms with Gasteiger partial charge in [0.15, 0.2) is 6.79 Å². The molecule has 3 atom stereocenters. The topological polar surface area (TPSA) is 135 Å². The Morgan fingerprint density at radius 3 is 2.23 bits per heavy atom. The molecule has 39 heavy (non-hydrogen) atoms. The Morgan fingerprint density at radius 2 is 1.59 bits per heavy atom. The van der Waals surface area contributed by atoms with Gasteiger partial charge in [-0.05, 0) is 42.5 Å². The third-order valence-corrected chi connectivity index (χ3v) is 6.35. The highest BCUT2D eigenvalue weighted by Gasteiger charge is 2.45. The smallest absolute Gasteiger partial charge is 0.305 e. The minimum atomic E-state index is -1.44. The lowest BCUT2D eigenvalue weighted by Gasteiger charge is -2.44. The first kappa shape index (κ1) is 27.8. The molecule has 0 unspecified atom stereocenters.